The van der Waals surface area contributed by atoms with Crippen LogP contribution in [-0.2, 0) is 22.6 Å². The normalized spacial score (nSPS) is 12.2. The third kappa shape index (κ3) is 8.44. The fourth-order valence-electron chi connectivity index (χ4n) is 4.64. The number of ether oxygens (including phenoxy) is 1. The molecule has 0 saturated heterocycles. The van der Waals surface area contributed by atoms with E-state index in [1.54, 1.807) is 18.2 Å². The van der Waals surface area contributed by atoms with Crippen molar-refractivity contribution in [2.24, 2.45) is 0 Å². The van der Waals surface area contributed by atoms with Gasteiger partial charge in [-0.15, -0.1) is 0 Å². The molecular weight excluding hydrogens is 535 g/mol. The highest BCUT2D eigenvalue weighted by molar-refractivity contribution is 7.90. The van der Waals surface area contributed by atoms with Crippen molar-refractivity contribution in [1.29, 1.82) is 0 Å². The standard InChI is InChI=1S/C32H32F3NO3S/c1-40(37,38)30-18-9-17-29(22-30)39-20-10-19-36(23-25-11-8-16-28(21-25)32(33,34)35)24-31(26-12-4-2-5-13-26)27-14-6-3-7-15-27/h2-9,11-18,21-22,31H,10,19-20,23-24H2,1H3. The largest absolute Gasteiger partial charge is 0.494 e. The number of hydrogen-bond acceptors (Lipinski definition) is 4. The van der Waals surface area contributed by atoms with E-state index in [1.165, 1.54) is 24.3 Å². The maximum Gasteiger partial charge on any atom is 0.416 e. The Morgan fingerprint density at radius 1 is 0.800 bits per heavy atom. The number of sulfone groups is 1. The molecule has 0 saturated carbocycles. The second kappa shape index (κ2) is 13.2. The minimum atomic E-state index is -4.41. The van der Waals surface area contributed by atoms with Crippen molar-refractivity contribution in [2.75, 3.05) is 26.0 Å². The molecule has 0 N–H and O–H groups in total. The summed E-state index contributed by atoms with van der Waals surface area (Å²) in [5, 5.41) is 0. The van der Waals surface area contributed by atoms with Crippen LogP contribution in [0.5, 0.6) is 5.75 Å². The van der Waals surface area contributed by atoms with Crippen LogP contribution in [-0.4, -0.2) is 39.3 Å². The summed E-state index contributed by atoms with van der Waals surface area (Å²) in [6.45, 7) is 1.82. The first-order valence-corrected chi connectivity index (χ1v) is 14.9. The summed E-state index contributed by atoms with van der Waals surface area (Å²) in [7, 11) is -3.35. The van der Waals surface area contributed by atoms with Crippen LogP contribution in [0.2, 0.25) is 0 Å². The molecule has 0 atom stereocenters. The maximum atomic E-state index is 13.4. The van der Waals surface area contributed by atoms with E-state index in [0.29, 0.717) is 44.0 Å². The Morgan fingerprint density at radius 2 is 1.43 bits per heavy atom. The lowest BCUT2D eigenvalue weighted by Crippen LogP contribution is -2.31. The molecule has 0 unspecified atom stereocenters. The minimum absolute atomic E-state index is 0.0144. The van der Waals surface area contributed by atoms with Gasteiger partial charge in [-0.2, -0.15) is 13.2 Å². The predicted octanol–water partition coefficient (Wildman–Crippen LogP) is 7.21. The molecular formula is C32H32F3NO3S. The number of halogens is 3. The molecule has 0 aliphatic rings. The summed E-state index contributed by atoms with van der Waals surface area (Å²) in [5.41, 5.74) is 2.16. The Bertz CT molecular complexity index is 1440. The Morgan fingerprint density at radius 3 is 2.02 bits per heavy atom. The quantitative estimate of drug-likeness (QED) is 0.170. The molecule has 4 aromatic carbocycles. The summed E-state index contributed by atoms with van der Waals surface area (Å²) >= 11 is 0. The summed E-state index contributed by atoms with van der Waals surface area (Å²) in [6, 6.07) is 32.0. The third-order valence-electron chi connectivity index (χ3n) is 6.63. The zero-order chi connectivity index (χ0) is 28.6. The molecule has 0 aliphatic heterocycles. The van der Waals surface area contributed by atoms with Gasteiger partial charge in [-0.3, -0.25) is 4.90 Å². The van der Waals surface area contributed by atoms with Crippen LogP contribution >= 0.6 is 0 Å². The smallest absolute Gasteiger partial charge is 0.416 e. The van der Waals surface area contributed by atoms with Gasteiger partial charge in [0.2, 0.25) is 0 Å². The molecule has 0 bridgehead atoms. The Hall–Kier alpha value is -3.62. The second-order valence-electron chi connectivity index (χ2n) is 9.76. The van der Waals surface area contributed by atoms with Crippen molar-refractivity contribution in [3.05, 3.63) is 131 Å². The van der Waals surface area contributed by atoms with Crippen LogP contribution in [0.4, 0.5) is 13.2 Å². The molecule has 40 heavy (non-hydrogen) atoms. The van der Waals surface area contributed by atoms with E-state index in [1.807, 2.05) is 36.4 Å². The fourth-order valence-corrected chi connectivity index (χ4v) is 5.30. The highest BCUT2D eigenvalue weighted by atomic mass is 32.2. The van der Waals surface area contributed by atoms with E-state index >= 15 is 0 Å². The number of rotatable bonds is 12. The Balaban J connectivity index is 1.53. The van der Waals surface area contributed by atoms with Gasteiger partial charge in [0.05, 0.1) is 17.1 Å². The van der Waals surface area contributed by atoms with Gasteiger partial charge in [-0.25, -0.2) is 8.42 Å². The average Bonchev–Trinajstić information content (AvgIpc) is 2.94. The fraction of sp³-hybridized carbons (Fsp3) is 0.250. The number of benzene rings is 4. The van der Waals surface area contributed by atoms with Crippen molar-refractivity contribution in [3.8, 4) is 5.75 Å². The van der Waals surface area contributed by atoms with E-state index in [0.717, 1.165) is 23.4 Å². The molecule has 0 aromatic heterocycles. The molecule has 4 aromatic rings. The third-order valence-corrected chi connectivity index (χ3v) is 7.74. The van der Waals surface area contributed by atoms with Crippen molar-refractivity contribution in [1.82, 2.24) is 4.90 Å². The van der Waals surface area contributed by atoms with Gasteiger partial charge in [0.15, 0.2) is 9.84 Å². The van der Waals surface area contributed by atoms with Crippen molar-refractivity contribution in [2.45, 2.75) is 30.0 Å². The van der Waals surface area contributed by atoms with Gasteiger partial charge in [0.1, 0.15) is 5.75 Å². The summed E-state index contributed by atoms with van der Waals surface area (Å²) in [6.07, 6.45) is -2.67. The van der Waals surface area contributed by atoms with Crippen LogP contribution in [0.1, 0.15) is 34.6 Å². The molecule has 210 valence electrons. The number of nitrogens with zero attached hydrogens (tertiary/aromatic N) is 1. The van der Waals surface area contributed by atoms with E-state index < -0.39 is 21.6 Å². The molecule has 0 aliphatic carbocycles. The van der Waals surface area contributed by atoms with Crippen molar-refractivity contribution < 1.29 is 26.3 Å². The lowest BCUT2D eigenvalue weighted by molar-refractivity contribution is -0.137. The van der Waals surface area contributed by atoms with Crippen LogP contribution in [0, 0.1) is 0 Å². The first-order valence-electron chi connectivity index (χ1n) is 13.0. The summed E-state index contributed by atoms with van der Waals surface area (Å²) in [4.78, 5) is 2.33. The van der Waals surface area contributed by atoms with Crippen LogP contribution in [0.3, 0.4) is 0 Å². The maximum absolute atomic E-state index is 13.4. The summed E-state index contributed by atoms with van der Waals surface area (Å²) < 4.78 is 69.8. The Labute approximate surface area is 234 Å². The monoisotopic (exact) mass is 567 g/mol. The molecule has 0 amide bonds. The minimum Gasteiger partial charge on any atom is -0.494 e. The van der Waals surface area contributed by atoms with Crippen molar-refractivity contribution >= 4 is 9.84 Å². The zero-order valence-corrected chi connectivity index (χ0v) is 23.0. The zero-order valence-electron chi connectivity index (χ0n) is 22.2. The molecule has 0 radical (unpaired) electrons. The molecule has 4 nitrogen and oxygen atoms in total. The molecule has 4 rings (SSSR count). The van der Waals surface area contributed by atoms with Crippen LogP contribution < -0.4 is 4.74 Å². The van der Waals surface area contributed by atoms with Gasteiger partial charge >= 0.3 is 6.18 Å². The van der Waals surface area contributed by atoms with Gasteiger partial charge < -0.3 is 4.74 Å². The van der Waals surface area contributed by atoms with Crippen LogP contribution in [0.25, 0.3) is 0 Å². The number of alkyl halides is 3. The van der Waals surface area contributed by atoms with Gasteiger partial charge in [-0.1, -0.05) is 84.9 Å². The Kier molecular flexibility index (Phi) is 9.66. The van der Waals surface area contributed by atoms with E-state index in [9.17, 15) is 21.6 Å². The lowest BCUT2D eigenvalue weighted by Gasteiger charge is -2.29. The van der Waals surface area contributed by atoms with E-state index in [2.05, 4.69) is 29.2 Å². The first-order chi connectivity index (χ1) is 19.1. The molecule has 0 spiro atoms. The van der Waals surface area contributed by atoms with Gasteiger partial charge in [0.25, 0.3) is 0 Å². The highest BCUT2D eigenvalue weighted by Gasteiger charge is 2.30. The van der Waals surface area contributed by atoms with E-state index in [4.69, 9.17) is 4.74 Å². The van der Waals surface area contributed by atoms with E-state index in [-0.39, 0.29) is 10.8 Å². The number of hydrogen-bond donors (Lipinski definition) is 0. The summed E-state index contributed by atoms with van der Waals surface area (Å²) in [5.74, 6) is 0.472. The second-order valence-corrected chi connectivity index (χ2v) is 11.8. The molecule has 0 heterocycles. The predicted molar refractivity (Wildman–Crippen MR) is 151 cm³/mol. The van der Waals surface area contributed by atoms with Crippen molar-refractivity contribution in [3.63, 3.8) is 0 Å². The lowest BCUT2D eigenvalue weighted by atomic mass is 9.90. The molecule has 8 heteroatoms. The van der Waals surface area contributed by atoms with Crippen LogP contribution in [0.15, 0.2) is 114 Å². The van der Waals surface area contributed by atoms with Gasteiger partial charge in [-0.05, 0) is 47.4 Å². The van der Waals surface area contributed by atoms with Gasteiger partial charge in [0, 0.05) is 31.8 Å². The first kappa shape index (κ1) is 29.4. The average molecular weight is 568 g/mol. The highest BCUT2D eigenvalue weighted by Crippen LogP contribution is 2.31. The molecule has 0 fully saturated rings. The topological polar surface area (TPSA) is 46.6 Å². The SMILES string of the molecule is CS(=O)(=O)c1cccc(OCCCN(Cc2cccc(C(F)(F)F)c2)CC(c2ccccc2)c2ccccc2)c1.